The van der Waals surface area contributed by atoms with Crippen molar-refractivity contribution < 1.29 is 4.79 Å². The average Bonchev–Trinajstić information content (AvgIpc) is 2.61. The van der Waals surface area contributed by atoms with Crippen LogP contribution in [0.5, 0.6) is 0 Å². The molecule has 2 heterocycles. The predicted octanol–water partition coefficient (Wildman–Crippen LogP) is 3.08. The van der Waals surface area contributed by atoms with Crippen LogP contribution in [-0.2, 0) is 23.1 Å². The quantitative estimate of drug-likeness (QED) is 0.914. The molecule has 1 N–H and O–H groups in total. The first kappa shape index (κ1) is 18.4. The van der Waals surface area contributed by atoms with Crippen molar-refractivity contribution in [2.45, 2.75) is 70.8 Å². The molecule has 0 saturated carbocycles. The Morgan fingerprint density at radius 3 is 2.72 bits per heavy atom. The Balaban J connectivity index is 1.64. The average molecular weight is 344 g/mol. The van der Waals surface area contributed by atoms with Crippen LogP contribution in [0.4, 0.5) is 0 Å². The van der Waals surface area contributed by atoms with Crippen molar-refractivity contribution in [3.63, 3.8) is 0 Å². The summed E-state index contributed by atoms with van der Waals surface area (Å²) in [5.41, 5.74) is 4.03. The van der Waals surface area contributed by atoms with E-state index in [1.807, 2.05) is 0 Å². The Hall–Kier alpha value is -1.42. The molecule has 1 fully saturated rings. The highest BCUT2D eigenvalue weighted by Crippen LogP contribution is 2.30. The fraction of sp³-hybridized carbons (Fsp3) is 0.714. The Labute approximate surface area is 152 Å². The number of likely N-dealkylation sites (tertiary alicyclic amines) is 1. The molecule has 25 heavy (non-hydrogen) atoms. The first-order chi connectivity index (χ1) is 11.9. The third kappa shape index (κ3) is 4.22. The van der Waals surface area contributed by atoms with Gasteiger partial charge in [-0.05, 0) is 75.2 Å². The van der Waals surface area contributed by atoms with Crippen LogP contribution in [-0.4, -0.2) is 42.0 Å². The Morgan fingerprint density at radius 1 is 1.32 bits per heavy atom. The Morgan fingerprint density at radius 2 is 2.04 bits per heavy atom. The predicted molar refractivity (Wildman–Crippen MR) is 102 cm³/mol. The van der Waals surface area contributed by atoms with E-state index in [0.29, 0.717) is 0 Å². The van der Waals surface area contributed by atoms with Gasteiger partial charge in [0.1, 0.15) is 0 Å². The summed E-state index contributed by atoms with van der Waals surface area (Å²) in [5.74, 6) is 0.459. The number of hydrogen-bond acceptors (Lipinski definition) is 3. The molecule has 1 unspecified atom stereocenters. The third-order valence-electron chi connectivity index (χ3n) is 6.36. The lowest BCUT2D eigenvalue weighted by molar-refractivity contribution is -0.127. The molecular weight excluding hydrogens is 310 g/mol. The Bertz CT molecular complexity index is 618. The zero-order valence-corrected chi connectivity index (χ0v) is 16.3. The van der Waals surface area contributed by atoms with E-state index in [9.17, 15) is 4.79 Å². The molecule has 138 valence electrons. The monoisotopic (exact) mass is 343 g/mol. The maximum Gasteiger partial charge on any atom is 0.223 e. The molecule has 4 nitrogen and oxygen atoms in total. The van der Waals surface area contributed by atoms with E-state index in [1.165, 1.54) is 16.8 Å². The fourth-order valence-electron chi connectivity index (χ4n) is 3.91. The number of pyridine rings is 1. The van der Waals surface area contributed by atoms with Gasteiger partial charge >= 0.3 is 0 Å². The SMILES string of the molecule is CCC(C)(C)c1cnc2c(c1)CC(NC(=O)C1CCN(C)CC1)CC2. The smallest absolute Gasteiger partial charge is 0.223 e. The van der Waals surface area contributed by atoms with E-state index in [-0.39, 0.29) is 23.3 Å². The van der Waals surface area contributed by atoms with Gasteiger partial charge in [-0.15, -0.1) is 0 Å². The highest BCUT2D eigenvalue weighted by atomic mass is 16.1. The number of amides is 1. The third-order valence-corrected chi connectivity index (χ3v) is 6.36. The molecule has 1 aromatic heterocycles. The molecule has 0 bridgehead atoms. The fourth-order valence-corrected chi connectivity index (χ4v) is 3.91. The number of nitrogens with one attached hydrogen (secondary N) is 1. The van der Waals surface area contributed by atoms with Gasteiger partial charge in [0.25, 0.3) is 0 Å². The molecule has 0 aromatic carbocycles. The van der Waals surface area contributed by atoms with Gasteiger partial charge in [-0.3, -0.25) is 9.78 Å². The van der Waals surface area contributed by atoms with Crippen molar-refractivity contribution in [2.24, 2.45) is 5.92 Å². The summed E-state index contributed by atoms with van der Waals surface area (Å²) in [4.78, 5) is 19.6. The van der Waals surface area contributed by atoms with Crippen LogP contribution in [0.3, 0.4) is 0 Å². The van der Waals surface area contributed by atoms with Gasteiger partial charge in [0.2, 0.25) is 5.91 Å². The first-order valence-corrected chi connectivity index (χ1v) is 9.86. The maximum atomic E-state index is 12.6. The van der Waals surface area contributed by atoms with Gasteiger partial charge in [0.05, 0.1) is 0 Å². The molecule has 0 spiro atoms. The van der Waals surface area contributed by atoms with Crippen LogP contribution < -0.4 is 5.32 Å². The number of aryl methyl sites for hydroxylation is 1. The molecule has 1 aliphatic carbocycles. The second-order valence-electron chi connectivity index (χ2n) is 8.59. The van der Waals surface area contributed by atoms with E-state index < -0.39 is 0 Å². The zero-order valence-electron chi connectivity index (χ0n) is 16.3. The summed E-state index contributed by atoms with van der Waals surface area (Å²) < 4.78 is 0. The molecule has 0 radical (unpaired) electrons. The van der Waals surface area contributed by atoms with E-state index in [1.54, 1.807) is 0 Å². The number of carbonyl (C=O) groups excluding carboxylic acids is 1. The summed E-state index contributed by atoms with van der Waals surface area (Å²) in [6.07, 6.45) is 8.04. The summed E-state index contributed by atoms with van der Waals surface area (Å²) in [6.45, 7) is 8.84. The van der Waals surface area contributed by atoms with Crippen molar-refractivity contribution in [3.05, 3.63) is 29.1 Å². The summed E-state index contributed by atoms with van der Waals surface area (Å²) in [6, 6.07) is 2.60. The van der Waals surface area contributed by atoms with Gasteiger partial charge in [-0.2, -0.15) is 0 Å². The number of aromatic nitrogens is 1. The minimum absolute atomic E-state index is 0.159. The van der Waals surface area contributed by atoms with E-state index in [0.717, 1.165) is 51.6 Å². The number of rotatable bonds is 4. The number of nitrogens with zero attached hydrogens (tertiary/aromatic N) is 2. The molecule has 1 saturated heterocycles. The normalized spacial score (nSPS) is 22.5. The van der Waals surface area contributed by atoms with Gasteiger partial charge in [0, 0.05) is 23.9 Å². The lowest BCUT2D eigenvalue weighted by Gasteiger charge is -2.31. The van der Waals surface area contributed by atoms with Crippen LogP contribution in [0.25, 0.3) is 0 Å². The lowest BCUT2D eigenvalue weighted by Crippen LogP contribution is -2.45. The lowest BCUT2D eigenvalue weighted by atomic mass is 9.81. The van der Waals surface area contributed by atoms with Gasteiger partial charge in [-0.25, -0.2) is 0 Å². The van der Waals surface area contributed by atoms with E-state index in [2.05, 4.69) is 50.3 Å². The van der Waals surface area contributed by atoms with E-state index >= 15 is 0 Å². The number of fused-ring (bicyclic) bond motifs is 1. The number of hydrogen-bond donors (Lipinski definition) is 1. The highest BCUT2D eigenvalue weighted by Gasteiger charge is 2.28. The standard InChI is InChI=1S/C21H33N3O/c1-5-21(2,3)17-12-16-13-18(6-7-19(16)22-14-17)23-20(25)15-8-10-24(4)11-9-15/h12,14-15,18H,5-11,13H2,1-4H3,(H,23,25). The summed E-state index contributed by atoms with van der Waals surface area (Å²) in [7, 11) is 2.13. The van der Waals surface area contributed by atoms with Crippen LogP contribution in [0.1, 0.15) is 63.3 Å². The molecule has 1 aromatic rings. The van der Waals surface area contributed by atoms with Crippen LogP contribution in [0, 0.1) is 5.92 Å². The molecule has 1 atom stereocenters. The van der Waals surface area contributed by atoms with Gasteiger partial charge in [0.15, 0.2) is 0 Å². The zero-order chi connectivity index (χ0) is 18.0. The number of piperidine rings is 1. The van der Waals surface area contributed by atoms with Crippen molar-refractivity contribution >= 4 is 5.91 Å². The largest absolute Gasteiger partial charge is 0.353 e. The summed E-state index contributed by atoms with van der Waals surface area (Å²) in [5, 5.41) is 3.33. The topological polar surface area (TPSA) is 45.2 Å². The van der Waals surface area contributed by atoms with Crippen molar-refractivity contribution in [3.8, 4) is 0 Å². The van der Waals surface area contributed by atoms with Crippen molar-refractivity contribution in [1.82, 2.24) is 15.2 Å². The summed E-state index contributed by atoms with van der Waals surface area (Å²) >= 11 is 0. The highest BCUT2D eigenvalue weighted by molar-refractivity contribution is 5.79. The molecule has 1 aliphatic heterocycles. The first-order valence-electron chi connectivity index (χ1n) is 9.86. The van der Waals surface area contributed by atoms with Gasteiger partial charge in [-0.1, -0.05) is 26.8 Å². The van der Waals surface area contributed by atoms with Crippen LogP contribution in [0.15, 0.2) is 12.3 Å². The molecule has 4 heteroatoms. The second kappa shape index (κ2) is 7.45. The molecular formula is C21H33N3O. The van der Waals surface area contributed by atoms with Crippen LogP contribution in [0.2, 0.25) is 0 Å². The minimum atomic E-state index is 0.159. The van der Waals surface area contributed by atoms with E-state index in [4.69, 9.17) is 4.98 Å². The Kier molecular flexibility index (Phi) is 5.47. The molecule has 1 amide bonds. The molecule has 2 aliphatic rings. The van der Waals surface area contributed by atoms with Gasteiger partial charge < -0.3 is 10.2 Å². The van der Waals surface area contributed by atoms with Crippen molar-refractivity contribution in [2.75, 3.05) is 20.1 Å². The minimum Gasteiger partial charge on any atom is -0.353 e. The second-order valence-corrected chi connectivity index (χ2v) is 8.59. The molecule has 3 rings (SSSR count). The van der Waals surface area contributed by atoms with Crippen molar-refractivity contribution in [1.29, 1.82) is 0 Å². The maximum absolute atomic E-state index is 12.6. The number of carbonyl (C=O) groups is 1. The van der Waals surface area contributed by atoms with Crippen LogP contribution >= 0.6 is 0 Å².